The average molecular weight is 409 g/mol. The van der Waals surface area contributed by atoms with Crippen molar-refractivity contribution in [1.82, 2.24) is 0 Å². The second-order valence-electron chi connectivity index (χ2n) is 6.36. The predicted molar refractivity (Wildman–Crippen MR) is 110 cm³/mol. The summed E-state index contributed by atoms with van der Waals surface area (Å²) in [6.07, 6.45) is 1.10. The van der Waals surface area contributed by atoms with Crippen LogP contribution in [0.15, 0.2) is 83.8 Å². The molecule has 1 amide bonds. The molecule has 0 heterocycles. The Bertz CT molecular complexity index is 1120. The zero-order chi connectivity index (χ0) is 20.9. The molecule has 0 bridgehead atoms. The first-order valence-electron chi connectivity index (χ1n) is 8.75. The Labute approximate surface area is 169 Å². The van der Waals surface area contributed by atoms with Crippen LogP contribution in [0.3, 0.4) is 0 Å². The number of anilines is 1. The van der Waals surface area contributed by atoms with Crippen molar-refractivity contribution in [3.63, 3.8) is 0 Å². The smallest absolute Gasteiger partial charge is 0.262 e. The standard InChI is InChI=1S/C22H19NO5S/c1-29(26,27)20-9-5-8-18(14-20)23-21(24)15-28-19-12-10-17(11-13-19)22(25)16-6-3-2-4-7-16/h2-14H,15H2,1H3,(H,23,24). The number of hydrogen-bond acceptors (Lipinski definition) is 5. The normalized spacial score (nSPS) is 10.9. The lowest BCUT2D eigenvalue weighted by atomic mass is 10.0. The van der Waals surface area contributed by atoms with E-state index in [0.717, 1.165) is 6.26 Å². The zero-order valence-corrected chi connectivity index (χ0v) is 16.5. The Morgan fingerprint density at radius 3 is 2.17 bits per heavy atom. The van der Waals surface area contributed by atoms with Crippen LogP contribution in [-0.2, 0) is 14.6 Å². The molecule has 0 aliphatic heterocycles. The van der Waals surface area contributed by atoms with E-state index in [-0.39, 0.29) is 17.3 Å². The van der Waals surface area contributed by atoms with E-state index in [1.54, 1.807) is 60.7 Å². The van der Waals surface area contributed by atoms with E-state index >= 15 is 0 Å². The van der Waals surface area contributed by atoms with Crippen LogP contribution in [0.2, 0.25) is 0 Å². The van der Waals surface area contributed by atoms with Crippen molar-refractivity contribution in [2.45, 2.75) is 4.90 Å². The maximum absolute atomic E-state index is 12.4. The van der Waals surface area contributed by atoms with Gasteiger partial charge in [0.05, 0.1) is 4.90 Å². The SMILES string of the molecule is CS(=O)(=O)c1cccc(NC(=O)COc2ccc(C(=O)c3ccccc3)cc2)c1. The Balaban J connectivity index is 1.58. The predicted octanol–water partition coefficient (Wildman–Crippen LogP) is 3.34. The fourth-order valence-corrected chi connectivity index (χ4v) is 3.28. The van der Waals surface area contributed by atoms with Gasteiger partial charge in [0.1, 0.15) is 5.75 Å². The molecular formula is C22H19NO5S. The van der Waals surface area contributed by atoms with Gasteiger partial charge in [0.25, 0.3) is 5.91 Å². The molecule has 0 spiro atoms. The van der Waals surface area contributed by atoms with Crippen molar-refractivity contribution in [3.8, 4) is 5.75 Å². The highest BCUT2D eigenvalue weighted by molar-refractivity contribution is 7.90. The molecule has 6 nitrogen and oxygen atoms in total. The fraction of sp³-hybridized carbons (Fsp3) is 0.0909. The van der Waals surface area contributed by atoms with Crippen LogP contribution >= 0.6 is 0 Å². The Hall–Kier alpha value is -3.45. The molecule has 3 rings (SSSR count). The third kappa shape index (κ3) is 5.52. The lowest BCUT2D eigenvalue weighted by Crippen LogP contribution is -2.20. The highest BCUT2D eigenvalue weighted by Crippen LogP contribution is 2.17. The van der Waals surface area contributed by atoms with Gasteiger partial charge in [-0.05, 0) is 42.5 Å². The number of benzene rings is 3. The molecule has 7 heteroatoms. The summed E-state index contributed by atoms with van der Waals surface area (Å²) >= 11 is 0. The maximum Gasteiger partial charge on any atom is 0.262 e. The molecule has 0 unspecified atom stereocenters. The van der Waals surface area contributed by atoms with Crippen LogP contribution < -0.4 is 10.1 Å². The monoisotopic (exact) mass is 409 g/mol. The molecule has 0 saturated heterocycles. The Kier molecular flexibility index (Phi) is 6.09. The summed E-state index contributed by atoms with van der Waals surface area (Å²) in [6.45, 7) is -0.255. The number of nitrogens with one attached hydrogen (secondary N) is 1. The molecule has 29 heavy (non-hydrogen) atoms. The van der Waals surface area contributed by atoms with Gasteiger partial charge >= 0.3 is 0 Å². The zero-order valence-electron chi connectivity index (χ0n) is 15.7. The second kappa shape index (κ2) is 8.70. The number of amides is 1. The van der Waals surface area contributed by atoms with E-state index in [9.17, 15) is 18.0 Å². The highest BCUT2D eigenvalue weighted by Gasteiger charge is 2.11. The first-order valence-corrected chi connectivity index (χ1v) is 10.6. The molecule has 148 valence electrons. The molecule has 0 aliphatic rings. The lowest BCUT2D eigenvalue weighted by Gasteiger charge is -2.09. The van der Waals surface area contributed by atoms with Gasteiger partial charge in [0.15, 0.2) is 22.2 Å². The number of ether oxygens (including phenoxy) is 1. The maximum atomic E-state index is 12.4. The lowest BCUT2D eigenvalue weighted by molar-refractivity contribution is -0.118. The molecule has 0 atom stereocenters. The first-order chi connectivity index (χ1) is 13.8. The third-order valence-corrected chi connectivity index (χ3v) is 5.18. The second-order valence-corrected chi connectivity index (χ2v) is 8.37. The van der Waals surface area contributed by atoms with Crippen molar-refractivity contribution in [1.29, 1.82) is 0 Å². The minimum Gasteiger partial charge on any atom is -0.484 e. The van der Waals surface area contributed by atoms with Gasteiger partial charge in [0.2, 0.25) is 0 Å². The molecule has 0 fully saturated rings. The molecule has 1 N–H and O–H groups in total. The van der Waals surface area contributed by atoms with E-state index in [1.807, 2.05) is 6.07 Å². The molecule has 0 aliphatic carbocycles. The molecule has 0 saturated carbocycles. The van der Waals surface area contributed by atoms with Crippen LogP contribution in [0.25, 0.3) is 0 Å². The number of carbonyl (C=O) groups excluding carboxylic acids is 2. The summed E-state index contributed by atoms with van der Waals surface area (Å²) < 4.78 is 28.6. The van der Waals surface area contributed by atoms with Gasteiger partial charge < -0.3 is 10.1 Å². The van der Waals surface area contributed by atoms with Gasteiger partial charge in [-0.2, -0.15) is 0 Å². The van der Waals surface area contributed by atoms with Crippen LogP contribution in [0, 0.1) is 0 Å². The van der Waals surface area contributed by atoms with Gasteiger partial charge in [-0.1, -0.05) is 36.4 Å². The minimum atomic E-state index is -3.36. The minimum absolute atomic E-state index is 0.0966. The van der Waals surface area contributed by atoms with Crippen LogP contribution in [0.1, 0.15) is 15.9 Å². The summed E-state index contributed by atoms with van der Waals surface area (Å²) in [6, 6.07) is 21.4. The van der Waals surface area contributed by atoms with Gasteiger partial charge in [-0.25, -0.2) is 8.42 Å². The van der Waals surface area contributed by atoms with E-state index in [2.05, 4.69) is 5.32 Å². The Morgan fingerprint density at radius 1 is 0.862 bits per heavy atom. The van der Waals surface area contributed by atoms with Gasteiger partial charge in [-0.3, -0.25) is 9.59 Å². The molecule has 3 aromatic carbocycles. The van der Waals surface area contributed by atoms with Crippen molar-refractivity contribution in [3.05, 3.63) is 90.0 Å². The van der Waals surface area contributed by atoms with Crippen molar-refractivity contribution in [2.24, 2.45) is 0 Å². The summed E-state index contributed by atoms with van der Waals surface area (Å²) in [5.74, 6) is -0.0876. The van der Waals surface area contributed by atoms with Gasteiger partial charge in [-0.15, -0.1) is 0 Å². The van der Waals surface area contributed by atoms with Gasteiger partial charge in [0, 0.05) is 23.1 Å². The number of rotatable bonds is 7. The molecular weight excluding hydrogens is 390 g/mol. The van der Waals surface area contributed by atoms with Crippen LogP contribution in [-0.4, -0.2) is 33.0 Å². The van der Waals surface area contributed by atoms with E-state index < -0.39 is 15.7 Å². The topological polar surface area (TPSA) is 89.5 Å². The number of sulfone groups is 1. The largest absolute Gasteiger partial charge is 0.484 e. The van der Waals surface area contributed by atoms with E-state index in [0.29, 0.717) is 22.6 Å². The first kappa shape index (κ1) is 20.3. The van der Waals surface area contributed by atoms with E-state index in [1.165, 1.54) is 12.1 Å². The molecule has 0 aromatic heterocycles. The summed E-state index contributed by atoms with van der Waals surface area (Å²) in [5, 5.41) is 2.59. The van der Waals surface area contributed by atoms with Crippen LogP contribution in [0.4, 0.5) is 5.69 Å². The number of hydrogen-bond donors (Lipinski definition) is 1. The number of carbonyl (C=O) groups is 2. The average Bonchev–Trinajstić information content (AvgIpc) is 2.72. The summed E-state index contributed by atoms with van der Waals surface area (Å²) in [7, 11) is -3.36. The van der Waals surface area contributed by atoms with Crippen LogP contribution in [0.5, 0.6) is 5.75 Å². The Morgan fingerprint density at radius 2 is 1.52 bits per heavy atom. The van der Waals surface area contributed by atoms with Crippen molar-refractivity contribution in [2.75, 3.05) is 18.2 Å². The van der Waals surface area contributed by atoms with Crippen molar-refractivity contribution >= 4 is 27.2 Å². The highest BCUT2D eigenvalue weighted by atomic mass is 32.2. The molecule has 3 aromatic rings. The third-order valence-electron chi connectivity index (χ3n) is 4.07. The fourth-order valence-electron chi connectivity index (χ4n) is 2.61. The summed E-state index contributed by atoms with van der Waals surface area (Å²) in [5.41, 5.74) is 1.48. The summed E-state index contributed by atoms with van der Waals surface area (Å²) in [4.78, 5) is 24.6. The van der Waals surface area contributed by atoms with Crippen molar-refractivity contribution < 1.29 is 22.7 Å². The quantitative estimate of drug-likeness (QED) is 0.605. The molecule has 0 radical (unpaired) electrons. The number of ketones is 1. The van der Waals surface area contributed by atoms with E-state index in [4.69, 9.17) is 4.74 Å².